The highest BCUT2D eigenvalue weighted by Gasteiger charge is 2.39. The van der Waals surface area contributed by atoms with Crippen LogP contribution in [-0.4, -0.2) is 45.1 Å². The van der Waals surface area contributed by atoms with E-state index < -0.39 is 18.6 Å². The number of carbonyl (C=O) groups is 3. The molecule has 34 heavy (non-hydrogen) atoms. The van der Waals surface area contributed by atoms with Gasteiger partial charge in [0, 0.05) is 36.7 Å². The molecule has 3 heterocycles. The molecule has 0 radical (unpaired) electrons. The summed E-state index contributed by atoms with van der Waals surface area (Å²) in [4.78, 5) is 38.2. The minimum absolute atomic E-state index is 0.0621. The van der Waals surface area contributed by atoms with Gasteiger partial charge in [-0.3, -0.25) is 24.4 Å². The number of nitrogens with one attached hydrogen (secondary N) is 1. The van der Waals surface area contributed by atoms with Crippen LogP contribution in [-0.2, 0) is 23.2 Å². The highest BCUT2D eigenvalue weighted by atomic mass is 19.3. The second kappa shape index (κ2) is 8.36. The highest BCUT2D eigenvalue weighted by molar-refractivity contribution is 6.05. The van der Waals surface area contributed by atoms with Gasteiger partial charge in [0.05, 0.1) is 11.9 Å². The maximum atomic E-state index is 13.0. The zero-order valence-corrected chi connectivity index (χ0v) is 18.1. The van der Waals surface area contributed by atoms with E-state index in [0.717, 1.165) is 27.9 Å². The van der Waals surface area contributed by atoms with Crippen molar-refractivity contribution in [1.82, 2.24) is 20.0 Å². The zero-order valence-electron chi connectivity index (χ0n) is 18.1. The normalized spacial score (nSPS) is 17.8. The molecule has 0 saturated carbocycles. The molecule has 10 heteroatoms. The lowest BCUT2D eigenvalue weighted by Crippen LogP contribution is -2.52. The molecule has 1 unspecified atom stereocenters. The third-order valence-electron chi connectivity index (χ3n) is 6.13. The molecule has 0 bridgehead atoms. The van der Waals surface area contributed by atoms with E-state index in [4.69, 9.17) is 0 Å². The Morgan fingerprint density at radius 3 is 2.50 bits per heavy atom. The topological polar surface area (TPSA) is 93.5 Å². The quantitative estimate of drug-likeness (QED) is 0.584. The Morgan fingerprint density at radius 2 is 1.79 bits per heavy atom. The number of carbonyl (C=O) groups excluding carboxylic acids is 3. The lowest BCUT2D eigenvalue weighted by atomic mass is 9.98. The average Bonchev–Trinajstić information content (AvgIpc) is 3.34. The summed E-state index contributed by atoms with van der Waals surface area (Å²) in [7, 11) is 1.78. The van der Waals surface area contributed by atoms with E-state index >= 15 is 0 Å². The largest absolute Gasteiger partial charge is 0.435 e. The maximum Gasteiger partial charge on any atom is 0.387 e. The predicted octanol–water partition coefficient (Wildman–Crippen LogP) is 3.12. The number of ether oxygens (including phenoxy) is 1. The standard InChI is InChI=1S/C24H20F2N4O4/c1-29-21(13-2-5-16(6-3-13)34-24(25)26)18(11-27-29)14-4-7-17-15(10-14)12-30(23(17)33)19-8-9-20(31)28-22(19)32/h2-7,10-11,19,24H,8-9,12H2,1H3,(H,28,31,32). The van der Waals surface area contributed by atoms with Gasteiger partial charge < -0.3 is 9.64 Å². The Kier molecular flexibility index (Phi) is 5.35. The Morgan fingerprint density at radius 1 is 1.06 bits per heavy atom. The molecular weight excluding hydrogens is 446 g/mol. The lowest BCUT2D eigenvalue weighted by Gasteiger charge is -2.29. The molecule has 3 aromatic rings. The van der Waals surface area contributed by atoms with E-state index in [1.54, 1.807) is 36.1 Å². The van der Waals surface area contributed by atoms with Gasteiger partial charge in [0.1, 0.15) is 11.8 Å². The number of rotatable bonds is 5. The Hall–Kier alpha value is -4.08. The van der Waals surface area contributed by atoms with Gasteiger partial charge in [-0.25, -0.2) is 0 Å². The zero-order chi connectivity index (χ0) is 24.0. The van der Waals surface area contributed by atoms with Gasteiger partial charge in [0.25, 0.3) is 5.91 Å². The molecule has 1 fully saturated rings. The van der Waals surface area contributed by atoms with Gasteiger partial charge >= 0.3 is 6.61 Å². The summed E-state index contributed by atoms with van der Waals surface area (Å²) in [5.74, 6) is -0.957. The number of amides is 3. The number of hydrogen-bond acceptors (Lipinski definition) is 5. The molecule has 1 atom stereocenters. The van der Waals surface area contributed by atoms with Gasteiger partial charge in [-0.05, 0) is 53.9 Å². The SMILES string of the molecule is Cn1ncc(-c2ccc3c(c2)CN(C2CCC(=O)NC2=O)C3=O)c1-c1ccc(OC(F)F)cc1. The number of benzene rings is 2. The van der Waals surface area contributed by atoms with Crippen LogP contribution in [0.1, 0.15) is 28.8 Å². The Balaban J connectivity index is 1.44. The van der Waals surface area contributed by atoms with Gasteiger partial charge in [-0.1, -0.05) is 6.07 Å². The van der Waals surface area contributed by atoms with Gasteiger partial charge in [-0.15, -0.1) is 0 Å². The second-order valence-electron chi connectivity index (χ2n) is 8.21. The van der Waals surface area contributed by atoms with Crippen LogP contribution in [0.2, 0.25) is 0 Å². The molecule has 2 aromatic carbocycles. The molecule has 1 N–H and O–H groups in total. The fourth-order valence-corrected chi connectivity index (χ4v) is 4.53. The van der Waals surface area contributed by atoms with Crippen LogP contribution in [0.5, 0.6) is 5.75 Å². The van der Waals surface area contributed by atoms with Crippen molar-refractivity contribution in [2.24, 2.45) is 7.05 Å². The molecular formula is C24H20F2N4O4. The first-order valence-corrected chi connectivity index (χ1v) is 10.7. The van der Waals surface area contributed by atoms with E-state index in [9.17, 15) is 23.2 Å². The molecule has 0 aliphatic carbocycles. The van der Waals surface area contributed by atoms with E-state index in [2.05, 4.69) is 15.2 Å². The fourth-order valence-electron chi connectivity index (χ4n) is 4.53. The minimum atomic E-state index is -2.90. The fraction of sp³-hybridized carbons (Fsp3) is 0.250. The summed E-state index contributed by atoms with van der Waals surface area (Å²) in [5.41, 5.74) is 4.47. The molecule has 174 valence electrons. The number of hydrogen-bond donors (Lipinski definition) is 1. The van der Waals surface area contributed by atoms with Crippen LogP contribution in [0.3, 0.4) is 0 Å². The number of nitrogens with zero attached hydrogens (tertiary/aromatic N) is 3. The van der Waals surface area contributed by atoms with Gasteiger partial charge in [0.2, 0.25) is 11.8 Å². The van der Waals surface area contributed by atoms with Crippen molar-refractivity contribution in [1.29, 1.82) is 0 Å². The smallest absolute Gasteiger partial charge is 0.387 e. The first-order chi connectivity index (χ1) is 16.3. The Labute approximate surface area is 193 Å². The third-order valence-corrected chi connectivity index (χ3v) is 6.13. The van der Waals surface area contributed by atoms with E-state index in [1.807, 2.05) is 12.1 Å². The van der Waals surface area contributed by atoms with E-state index in [-0.39, 0.29) is 30.5 Å². The minimum Gasteiger partial charge on any atom is -0.435 e. The number of halogens is 2. The number of piperidine rings is 1. The first-order valence-electron chi connectivity index (χ1n) is 10.7. The molecule has 0 spiro atoms. The van der Waals surface area contributed by atoms with Crippen LogP contribution >= 0.6 is 0 Å². The molecule has 2 aliphatic rings. The first kappa shape index (κ1) is 21.7. The average molecular weight is 466 g/mol. The molecule has 3 amide bonds. The van der Waals surface area contributed by atoms with Crippen molar-refractivity contribution < 1.29 is 27.9 Å². The molecule has 1 saturated heterocycles. The van der Waals surface area contributed by atoms with Crippen molar-refractivity contribution in [2.75, 3.05) is 0 Å². The van der Waals surface area contributed by atoms with Crippen molar-refractivity contribution in [3.05, 3.63) is 59.8 Å². The summed E-state index contributed by atoms with van der Waals surface area (Å²) in [5, 5.41) is 6.66. The van der Waals surface area contributed by atoms with Crippen molar-refractivity contribution in [2.45, 2.75) is 32.0 Å². The lowest BCUT2D eigenvalue weighted by molar-refractivity contribution is -0.136. The monoisotopic (exact) mass is 466 g/mol. The summed E-state index contributed by atoms with van der Waals surface area (Å²) < 4.78 is 31.0. The highest BCUT2D eigenvalue weighted by Crippen LogP contribution is 2.36. The molecule has 5 rings (SSSR count). The Bertz CT molecular complexity index is 1300. The summed E-state index contributed by atoms with van der Waals surface area (Å²) in [6, 6.07) is 11.1. The second-order valence-corrected chi connectivity index (χ2v) is 8.21. The van der Waals surface area contributed by atoms with E-state index in [0.29, 0.717) is 12.0 Å². The van der Waals surface area contributed by atoms with Gasteiger partial charge in [0.15, 0.2) is 0 Å². The van der Waals surface area contributed by atoms with Crippen LogP contribution in [0.25, 0.3) is 22.4 Å². The summed E-state index contributed by atoms with van der Waals surface area (Å²) >= 11 is 0. The maximum absolute atomic E-state index is 13.0. The van der Waals surface area contributed by atoms with Crippen LogP contribution < -0.4 is 10.1 Å². The third kappa shape index (κ3) is 3.81. The summed E-state index contributed by atoms with van der Waals surface area (Å²) in [6.07, 6.45) is 2.20. The number of fused-ring (bicyclic) bond motifs is 1. The predicted molar refractivity (Wildman–Crippen MR) is 117 cm³/mol. The number of aromatic nitrogens is 2. The molecule has 2 aliphatic heterocycles. The van der Waals surface area contributed by atoms with Crippen LogP contribution in [0.15, 0.2) is 48.7 Å². The van der Waals surface area contributed by atoms with Crippen molar-refractivity contribution in [3.63, 3.8) is 0 Å². The molecule has 1 aromatic heterocycles. The van der Waals surface area contributed by atoms with Crippen LogP contribution in [0, 0.1) is 0 Å². The van der Waals surface area contributed by atoms with Crippen LogP contribution in [0.4, 0.5) is 8.78 Å². The summed E-state index contributed by atoms with van der Waals surface area (Å²) in [6.45, 7) is -2.63. The number of imide groups is 1. The van der Waals surface area contributed by atoms with Gasteiger partial charge in [-0.2, -0.15) is 13.9 Å². The number of alkyl halides is 2. The van der Waals surface area contributed by atoms with Crippen molar-refractivity contribution in [3.8, 4) is 28.1 Å². The molecule has 8 nitrogen and oxygen atoms in total. The van der Waals surface area contributed by atoms with E-state index in [1.165, 1.54) is 17.0 Å². The number of aryl methyl sites for hydroxylation is 1. The van der Waals surface area contributed by atoms with Crippen molar-refractivity contribution >= 4 is 17.7 Å².